The Morgan fingerprint density at radius 1 is 1.39 bits per heavy atom. The first-order chi connectivity index (χ1) is 8.63. The number of hydrogen-bond donors (Lipinski definition) is 2. The molecule has 1 unspecified atom stereocenters. The molecule has 1 rings (SSSR count). The van der Waals surface area contributed by atoms with Crippen molar-refractivity contribution in [1.82, 2.24) is 4.90 Å². The molecule has 5 nitrogen and oxygen atoms in total. The van der Waals surface area contributed by atoms with Gasteiger partial charge in [0.25, 0.3) is 0 Å². The van der Waals surface area contributed by atoms with Crippen molar-refractivity contribution in [3.8, 4) is 0 Å². The number of carbonyl (C=O) groups is 2. The van der Waals surface area contributed by atoms with Crippen LogP contribution in [0.2, 0.25) is 0 Å². The number of amides is 1. The summed E-state index contributed by atoms with van der Waals surface area (Å²) in [6, 6.07) is 0. The van der Waals surface area contributed by atoms with Crippen molar-refractivity contribution in [3.05, 3.63) is 0 Å². The van der Waals surface area contributed by atoms with Gasteiger partial charge in [-0.05, 0) is 19.3 Å². The summed E-state index contributed by atoms with van der Waals surface area (Å²) in [7, 11) is 3.87. The van der Waals surface area contributed by atoms with E-state index in [4.69, 9.17) is 10.8 Å². The van der Waals surface area contributed by atoms with E-state index < -0.39 is 5.97 Å². The van der Waals surface area contributed by atoms with Crippen LogP contribution in [0.5, 0.6) is 0 Å². The molecule has 1 fully saturated rings. The highest BCUT2D eigenvalue weighted by atomic mass is 33.1. The molecule has 0 saturated carbocycles. The lowest BCUT2D eigenvalue weighted by molar-refractivity contribution is -0.144. The zero-order valence-corrected chi connectivity index (χ0v) is 12.0. The fourth-order valence-electron chi connectivity index (χ4n) is 1.79. The molecule has 0 aliphatic carbocycles. The summed E-state index contributed by atoms with van der Waals surface area (Å²) in [5.74, 6) is 0.0508. The Balaban J connectivity index is 2.12. The molecule has 3 N–H and O–H groups in total. The Morgan fingerprint density at radius 3 is 2.72 bits per heavy atom. The molecule has 0 spiro atoms. The van der Waals surface area contributed by atoms with E-state index in [1.807, 2.05) is 21.6 Å². The van der Waals surface area contributed by atoms with Gasteiger partial charge in [0, 0.05) is 17.4 Å². The van der Waals surface area contributed by atoms with Crippen molar-refractivity contribution >= 4 is 33.5 Å². The van der Waals surface area contributed by atoms with E-state index in [0.717, 1.165) is 24.5 Å². The van der Waals surface area contributed by atoms with Crippen LogP contribution < -0.4 is 5.73 Å². The lowest BCUT2D eigenvalue weighted by Crippen LogP contribution is -2.39. The molecule has 0 aromatic heterocycles. The fourth-order valence-corrected chi connectivity index (χ4v) is 4.82. The standard InChI is InChI=1S/C11H20N2O3S2/c12-8-13(7-11(15)16)10(14)4-2-1-3-9-5-6-17-18-9/h9H,1-8,12H2,(H,15,16). The van der Waals surface area contributed by atoms with Crippen molar-refractivity contribution in [3.63, 3.8) is 0 Å². The van der Waals surface area contributed by atoms with Crippen LogP contribution in [0.3, 0.4) is 0 Å². The van der Waals surface area contributed by atoms with E-state index in [0.29, 0.717) is 6.42 Å². The van der Waals surface area contributed by atoms with E-state index in [2.05, 4.69) is 0 Å². The number of carboxylic acids is 1. The Bertz CT molecular complexity index is 283. The van der Waals surface area contributed by atoms with Crippen molar-refractivity contribution in [2.75, 3.05) is 19.0 Å². The molecule has 0 aromatic rings. The van der Waals surface area contributed by atoms with Crippen LogP contribution in [-0.4, -0.2) is 46.1 Å². The van der Waals surface area contributed by atoms with Gasteiger partial charge in [-0.3, -0.25) is 9.59 Å². The zero-order valence-electron chi connectivity index (χ0n) is 10.3. The molecule has 0 bridgehead atoms. The Hall–Kier alpha value is -0.400. The molecule has 0 radical (unpaired) electrons. The summed E-state index contributed by atoms with van der Waals surface area (Å²) in [6.07, 6.45) is 4.64. The van der Waals surface area contributed by atoms with E-state index >= 15 is 0 Å². The molecule has 1 amide bonds. The Kier molecular flexibility index (Phi) is 7.53. The minimum Gasteiger partial charge on any atom is -0.480 e. The van der Waals surface area contributed by atoms with E-state index in [1.54, 1.807) is 0 Å². The monoisotopic (exact) mass is 292 g/mol. The van der Waals surface area contributed by atoms with Gasteiger partial charge in [0.1, 0.15) is 6.54 Å². The normalized spacial score (nSPS) is 18.8. The highest BCUT2D eigenvalue weighted by Gasteiger charge is 2.17. The third kappa shape index (κ3) is 5.97. The van der Waals surface area contributed by atoms with Gasteiger partial charge in [-0.2, -0.15) is 0 Å². The molecule has 18 heavy (non-hydrogen) atoms. The average Bonchev–Trinajstić information content (AvgIpc) is 2.84. The molecule has 1 heterocycles. The number of nitrogens with two attached hydrogens (primary N) is 1. The van der Waals surface area contributed by atoms with Gasteiger partial charge >= 0.3 is 5.97 Å². The lowest BCUT2D eigenvalue weighted by atomic mass is 10.1. The number of nitrogens with zero attached hydrogens (tertiary/aromatic N) is 1. The van der Waals surface area contributed by atoms with E-state index in [-0.39, 0.29) is 19.1 Å². The van der Waals surface area contributed by atoms with Gasteiger partial charge in [0.2, 0.25) is 5.91 Å². The first kappa shape index (κ1) is 15.7. The quantitative estimate of drug-likeness (QED) is 0.401. The Labute approximate surface area is 115 Å². The van der Waals surface area contributed by atoms with Crippen molar-refractivity contribution < 1.29 is 14.7 Å². The SMILES string of the molecule is NCN(CC(=O)O)C(=O)CCCCC1CCSS1. The van der Waals surface area contributed by atoms with Gasteiger partial charge < -0.3 is 15.7 Å². The number of carbonyl (C=O) groups excluding carboxylic acids is 1. The largest absolute Gasteiger partial charge is 0.480 e. The second-order valence-corrected chi connectivity index (χ2v) is 7.03. The summed E-state index contributed by atoms with van der Waals surface area (Å²) in [4.78, 5) is 23.4. The summed E-state index contributed by atoms with van der Waals surface area (Å²) >= 11 is 0. The van der Waals surface area contributed by atoms with Crippen LogP contribution in [0, 0.1) is 0 Å². The maximum absolute atomic E-state index is 11.7. The van der Waals surface area contributed by atoms with E-state index in [1.165, 1.54) is 17.1 Å². The highest BCUT2D eigenvalue weighted by Crippen LogP contribution is 2.39. The molecule has 7 heteroatoms. The molecule has 1 aliphatic rings. The smallest absolute Gasteiger partial charge is 0.323 e. The minimum absolute atomic E-state index is 0.0275. The first-order valence-corrected chi connectivity index (χ1v) is 8.49. The predicted molar refractivity (Wildman–Crippen MR) is 75.3 cm³/mol. The third-order valence-corrected chi connectivity index (χ3v) is 5.80. The Morgan fingerprint density at radius 2 is 2.17 bits per heavy atom. The molecule has 104 valence electrons. The van der Waals surface area contributed by atoms with Gasteiger partial charge in [-0.25, -0.2) is 0 Å². The summed E-state index contributed by atoms with van der Waals surface area (Å²) in [5, 5.41) is 9.36. The maximum Gasteiger partial charge on any atom is 0.323 e. The van der Waals surface area contributed by atoms with Crippen molar-refractivity contribution in [2.45, 2.75) is 37.4 Å². The molecule has 0 aromatic carbocycles. The average molecular weight is 292 g/mol. The second kappa shape index (κ2) is 8.66. The molecule has 1 saturated heterocycles. The van der Waals surface area contributed by atoms with Crippen LogP contribution in [0.15, 0.2) is 0 Å². The van der Waals surface area contributed by atoms with Gasteiger partial charge in [0.05, 0.1) is 6.67 Å². The number of hydrogen-bond acceptors (Lipinski definition) is 5. The summed E-state index contributed by atoms with van der Waals surface area (Å²) in [5.41, 5.74) is 5.36. The molecular weight excluding hydrogens is 272 g/mol. The predicted octanol–water partition coefficient (Wildman–Crippen LogP) is 1.53. The topological polar surface area (TPSA) is 83.6 Å². The molecular formula is C11H20N2O3S2. The second-order valence-electron chi connectivity index (χ2n) is 4.24. The van der Waals surface area contributed by atoms with Crippen molar-refractivity contribution in [2.24, 2.45) is 5.73 Å². The van der Waals surface area contributed by atoms with Crippen LogP contribution in [0.4, 0.5) is 0 Å². The van der Waals surface area contributed by atoms with Crippen LogP contribution >= 0.6 is 21.6 Å². The van der Waals surface area contributed by atoms with Crippen LogP contribution in [0.1, 0.15) is 32.1 Å². The van der Waals surface area contributed by atoms with Crippen molar-refractivity contribution in [1.29, 1.82) is 0 Å². The fraction of sp³-hybridized carbons (Fsp3) is 0.818. The lowest BCUT2D eigenvalue weighted by Gasteiger charge is -2.18. The van der Waals surface area contributed by atoms with Gasteiger partial charge in [0.15, 0.2) is 0 Å². The summed E-state index contributed by atoms with van der Waals surface area (Å²) < 4.78 is 0. The number of aliphatic carboxylic acids is 1. The maximum atomic E-state index is 11.7. The molecule has 1 aliphatic heterocycles. The first-order valence-electron chi connectivity index (χ1n) is 6.11. The van der Waals surface area contributed by atoms with Crippen LogP contribution in [0.25, 0.3) is 0 Å². The summed E-state index contributed by atoms with van der Waals surface area (Å²) in [6.45, 7) is -0.329. The third-order valence-electron chi connectivity index (χ3n) is 2.79. The van der Waals surface area contributed by atoms with Gasteiger partial charge in [-0.15, -0.1) is 0 Å². The minimum atomic E-state index is -1.02. The molecule has 1 atom stereocenters. The van der Waals surface area contributed by atoms with E-state index in [9.17, 15) is 9.59 Å². The number of carboxylic acid groups (broad SMARTS) is 1. The highest BCUT2D eigenvalue weighted by molar-refractivity contribution is 8.77. The van der Waals surface area contributed by atoms with Gasteiger partial charge in [-0.1, -0.05) is 28.0 Å². The zero-order chi connectivity index (χ0) is 13.4. The number of rotatable bonds is 8. The van der Waals surface area contributed by atoms with Crippen LogP contribution in [-0.2, 0) is 9.59 Å². The number of unbranched alkanes of at least 4 members (excludes halogenated alkanes) is 1.